The summed E-state index contributed by atoms with van der Waals surface area (Å²) < 4.78 is 45.5. The molecule has 0 bridgehead atoms. The number of hydrogen-bond acceptors (Lipinski definition) is 6. The number of carbonyl (C=O) groups is 4. The lowest BCUT2D eigenvalue weighted by atomic mass is 9.93. The minimum atomic E-state index is -4.62. The monoisotopic (exact) mass is 429 g/mol. The summed E-state index contributed by atoms with van der Waals surface area (Å²) in [6, 6.07) is 0. The highest BCUT2D eigenvalue weighted by Crippen LogP contribution is 2.59. The topological polar surface area (TPSA) is 90.0 Å². The van der Waals surface area contributed by atoms with Crippen molar-refractivity contribution in [2.75, 3.05) is 13.3 Å². The van der Waals surface area contributed by atoms with Gasteiger partial charge in [-0.05, 0) is 37.0 Å². The molecular weight excluding hydrogens is 407 g/mol. The lowest BCUT2D eigenvalue weighted by molar-refractivity contribution is -0.182. The van der Waals surface area contributed by atoms with Gasteiger partial charge < -0.3 is 9.47 Å². The molecule has 10 heteroatoms. The Kier molecular flexibility index (Phi) is 5.79. The molecule has 0 saturated heterocycles. The van der Waals surface area contributed by atoms with Gasteiger partial charge in [0.2, 0.25) is 0 Å². The smallest absolute Gasteiger partial charge is 0.422 e. The van der Waals surface area contributed by atoms with Crippen molar-refractivity contribution in [3.63, 3.8) is 0 Å². The second-order valence-corrected chi connectivity index (χ2v) is 8.20. The summed E-state index contributed by atoms with van der Waals surface area (Å²) in [4.78, 5) is 49.5. The molecule has 2 unspecified atom stereocenters. The summed E-state index contributed by atoms with van der Waals surface area (Å²) >= 11 is 0. The van der Waals surface area contributed by atoms with E-state index in [2.05, 4.69) is 4.74 Å². The number of esters is 2. The van der Waals surface area contributed by atoms with E-state index in [1.165, 1.54) is 6.08 Å². The highest BCUT2D eigenvalue weighted by Gasteiger charge is 2.61. The molecule has 0 radical (unpaired) electrons. The average Bonchev–Trinajstić information content (AvgIpc) is 3.14. The molecule has 7 nitrogen and oxygen atoms in total. The van der Waals surface area contributed by atoms with Crippen molar-refractivity contribution in [3.05, 3.63) is 23.3 Å². The van der Waals surface area contributed by atoms with Crippen LogP contribution in [0.15, 0.2) is 23.3 Å². The number of ether oxygens (including phenoxy) is 2. The zero-order chi connectivity index (χ0) is 22.3. The molecule has 0 N–H and O–H groups in total. The minimum absolute atomic E-state index is 0.429. The van der Waals surface area contributed by atoms with E-state index in [1.54, 1.807) is 13.8 Å². The van der Waals surface area contributed by atoms with Gasteiger partial charge in [0.15, 0.2) is 13.3 Å². The van der Waals surface area contributed by atoms with Crippen molar-refractivity contribution in [1.29, 1.82) is 0 Å². The number of rotatable bonds is 6. The SMILES string of the molecule is CC1(C)C(/C=C\C(=O)OCC(F)(F)F)C1C(=O)OCN1C(=O)C2=C(CCCC2)C1=O. The zero-order valence-corrected chi connectivity index (χ0v) is 16.6. The first kappa shape index (κ1) is 22.0. The van der Waals surface area contributed by atoms with Crippen LogP contribution in [0.3, 0.4) is 0 Å². The van der Waals surface area contributed by atoms with Crippen LogP contribution in [0.2, 0.25) is 0 Å². The van der Waals surface area contributed by atoms with Crippen LogP contribution in [0.5, 0.6) is 0 Å². The molecule has 2 atom stereocenters. The number of carbonyl (C=O) groups excluding carboxylic acids is 4. The summed E-state index contributed by atoms with van der Waals surface area (Å²) in [5.74, 6) is -3.77. The van der Waals surface area contributed by atoms with Gasteiger partial charge in [0, 0.05) is 17.2 Å². The summed E-state index contributed by atoms with van der Waals surface area (Å²) in [6.07, 6.45) is 0.304. The summed E-state index contributed by atoms with van der Waals surface area (Å²) in [5.41, 5.74) is 0.397. The fourth-order valence-electron chi connectivity index (χ4n) is 4.00. The predicted octanol–water partition coefficient (Wildman–Crippen LogP) is 2.66. The predicted molar refractivity (Wildman–Crippen MR) is 95.2 cm³/mol. The Morgan fingerprint density at radius 3 is 2.20 bits per heavy atom. The van der Waals surface area contributed by atoms with E-state index >= 15 is 0 Å². The molecule has 1 saturated carbocycles. The van der Waals surface area contributed by atoms with Crippen LogP contribution in [0.4, 0.5) is 13.2 Å². The van der Waals surface area contributed by atoms with Gasteiger partial charge in [0.25, 0.3) is 11.8 Å². The first-order valence-electron chi connectivity index (χ1n) is 9.60. The van der Waals surface area contributed by atoms with Gasteiger partial charge in [-0.3, -0.25) is 14.4 Å². The molecule has 0 aromatic carbocycles. The lowest BCUT2D eigenvalue weighted by Crippen LogP contribution is -2.35. The van der Waals surface area contributed by atoms with E-state index in [0.29, 0.717) is 24.0 Å². The first-order chi connectivity index (χ1) is 13.9. The van der Waals surface area contributed by atoms with E-state index in [-0.39, 0.29) is 0 Å². The molecule has 1 heterocycles. The molecule has 2 aliphatic carbocycles. The Hall–Kier alpha value is -2.65. The minimum Gasteiger partial charge on any atom is -0.453 e. The maximum atomic E-state index is 12.4. The maximum absolute atomic E-state index is 12.4. The fraction of sp³-hybridized carbons (Fsp3) is 0.600. The molecule has 3 rings (SSSR count). The standard InChI is InChI=1S/C20H22F3NO6/c1-19(2)13(7-8-14(25)29-9-20(21,22)23)15(19)18(28)30-10-24-16(26)11-5-3-4-6-12(11)17(24)27/h7-8,13,15H,3-6,9-10H2,1-2H3/b8-7-. The third-order valence-corrected chi connectivity index (χ3v) is 5.79. The van der Waals surface area contributed by atoms with Gasteiger partial charge in [0.05, 0.1) is 5.92 Å². The zero-order valence-electron chi connectivity index (χ0n) is 16.6. The van der Waals surface area contributed by atoms with Crippen molar-refractivity contribution in [3.8, 4) is 0 Å². The van der Waals surface area contributed by atoms with Crippen molar-refractivity contribution >= 4 is 23.8 Å². The van der Waals surface area contributed by atoms with Gasteiger partial charge in [-0.25, -0.2) is 9.69 Å². The van der Waals surface area contributed by atoms with Crippen LogP contribution in [-0.2, 0) is 28.7 Å². The number of halogens is 3. The third-order valence-electron chi connectivity index (χ3n) is 5.79. The normalized spacial score (nSPS) is 25.6. The summed E-state index contributed by atoms with van der Waals surface area (Å²) in [6.45, 7) is 1.30. The summed E-state index contributed by atoms with van der Waals surface area (Å²) in [7, 11) is 0. The lowest BCUT2D eigenvalue weighted by Gasteiger charge is -2.15. The first-order valence-corrected chi connectivity index (χ1v) is 9.60. The molecule has 30 heavy (non-hydrogen) atoms. The molecule has 0 aromatic heterocycles. The second-order valence-electron chi connectivity index (χ2n) is 8.20. The Morgan fingerprint density at radius 1 is 1.10 bits per heavy atom. The number of amides is 2. The van der Waals surface area contributed by atoms with E-state index in [1.807, 2.05) is 0 Å². The van der Waals surface area contributed by atoms with E-state index in [9.17, 15) is 32.3 Å². The fourth-order valence-corrected chi connectivity index (χ4v) is 4.00. The molecule has 0 aromatic rings. The van der Waals surface area contributed by atoms with Gasteiger partial charge in [-0.2, -0.15) is 13.2 Å². The van der Waals surface area contributed by atoms with Crippen molar-refractivity contribution in [2.24, 2.45) is 17.3 Å². The van der Waals surface area contributed by atoms with E-state index in [0.717, 1.165) is 23.8 Å². The third kappa shape index (κ3) is 4.41. The molecule has 2 amide bonds. The van der Waals surface area contributed by atoms with Crippen LogP contribution in [-0.4, -0.2) is 48.2 Å². The maximum Gasteiger partial charge on any atom is 0.422 e. The van der Waals surface area contributed by atoms with Crippen LogP contribution < -0.4 is 0 Å². The van der Waals surface area contributed by atoms with Crippen LogP contribution in [0, 0.1) is 17.3 Å². The molecular formula is C20H22F3NO6. The van der Waals surface area contributed by atoms with Crippen molar-refractivity contribution in [2.45, 2.75) is 45.7 Å². The number of nitrogens with zero attached hydrogens (tertiary/aromatic N) is 1. The summed E-state index contributed by atoms with van der Waals surface area (Å²) in [5, 5.41) is 0. The molecule has 1 fully saturated rings. The second kappa shape index (κ2) is 7.88. The average molecular weight is 429 g/mol. The van der Waals surface area contributed by atoms with Gasteiger partial charge in [-0.15, -0.1) is 0 Å². The number of alkyl halides is 3. The quantitative estimate of drug-likeness (QED) is 0.366. The van der Waals surface area contributed by atoms with Gasteiger partial charge in [-0.1, -0.05) is 19.9 Å². The number of imide groups is 1. The van der Waals surface area contributed by atoms with E-state index in [4.69, 9.17) is 4.74 Å². The van der Waals surface area contributed by atoms with Crippen molar-refractivity contribution < 1.29 is 41.8 Å². The molecule has 0 spiro atoms. The van der Waals surface area contributed by atoms with Crippen LogP contribution in [0.25, 0.3) is 0 Å². The Balaban J connectivity index is 1.52. The molecule has 164 valence electrons. The number of allylic oxidation sites excluding steroid dienone is 1. The van der Waals surface area contributed by atoms with E-state index < -0.39 is 60.5 Å². The molecule has 1 aliphatic heterocycles. The van der Waals surface area contributed by atoms with Gasteiger partial charge in [0.1, 0.15) is 0 Å². The van der Waals surface area contributed by atoms with Gasteiger partial charge >= 0.3 is 18.1 Å². The Bertz CT molecular complexity index is 814. The largest absolute Gasteiger partial charge is 0.453 e. The highest BCUT2D eigenvalue weighted by atomic mass is 19.4. The highest BCUT2D eigenvalue weighted by molar-refractivity contribution is 6.19. The Labute approximate surface area is 170 Å². The Morgan fingerprint density at radius 2 is 1.67 bits per heavy atom. The van der Waals surface area contributed by atoms with Crippen molar-refractivity contribution in [1.82, 2.24) is 4.90 Å². The van der Waals surface area contributed by atoms with Crippen LogP contribution in [0.1, 0.15) is 39.5 Å². The molecule has 3 aliphatic rings. The van der Waals surface area contributed by atoms with Crippen LogP contribution >= 0.6 is 0 Å². The number of hydrogen-bond donors (Lipinski definition) is 0.